The van der Waals surface area contributed by atoms with Gasteiger partial charge in [0.2, 0.25) is 0 Å². The highest BCUT2D eigenvalue weighted by atomic mass is 35.5. The molecule has 2 heteroatoms. The summed E-state index contributed by atoms with van der Waals surface area (Å²) in [5, 5.41) is 0.832. The molecule has 18 heavy (non-hydrogen) atoms. The number of benzene rings is 1. The zero-order valence-corrected chi connectivity index (χ0v) is 12.4. The first-order valence-electron chi connectivity index (χ1n) is 6.91. The maximum atomic E-state index is 6.42. The van der Waals surface area contributed by atoms with E-state index in [-0.39, 0.29) is 6.04 Å². The Bertz CT molecular complexity index is 415. The Morgan fingerprint density at radius 1 is 1.28 bits per heavy atom. The first-order valence-corrected chi connectivity index (χ1v) is 7.28. The molecule has 0 saturated heterocycles. The molecule has 2 N–H and O–H groups in total. The maximum Gasteiger partial charge on any atom is 0.0438 e. The van der Waals surface area contributed by atoms with Crippen molar-refractivity contribution in [1.82, 2.24) is 0 Å². The highest BCUT2D eigenvalue weighted by Gasteiger charge is 2.30. The van der Waals surface area contributed by atoms with Crippen LogP contribution in [-0.4, -0.2) is 0 Å². The third-order valence-corrected chi connectivity index (χ3v) is 4.88. The molecular formula is C16H24ClN. The number of halogens is 1. The first-order chi connectivity index (χ1) is 8.39. The van der Waals surface area contributed by atoms with Gasteiger partial charge in [-0.15, -0.1) is 0 Å². The molecule has 1 unspecified atom stereocenters. The average molecular weight is 266 g/mol. The summed E-state index contributed by atoms with van der Waals surface area (Å²) < 4.78 is 0. The molecule has 1 nitrogen and oxygen atoms in total. The van der Waals surface area contributed by atoms with E-state index in [1.54, 1.807) is 0 Å². The lowest BCUT2D eigenvalue weighted by Gasteiger charge is -2.37. The first kappa shape index (κ1) is 13.9. The summed E-state index contributed by atoms with van der Waals surface area (Å²) >= 11 is 6.19. The fourth-order valence-electron chi connectivity index (χ4n) is 2.87. The molecule has 1 aliphatic rings. The molecule has 1 aromatic rings. The zero-order chi connectivity index (χ0) is 13.3. The number of hydrogen-bond donors (Lipinski definition) is 1. The molecule has 0 heterocycles. The van der Waals surface area contributed by atoms with E-state index in [1.165, 1.54) is 31.2 Å². The summed E-state index contributed by atoms with van der Waals surface area (Å²) in [4.78, 5) is 0. The number of hydrogen-bond acceptors (Lipinski definition) is 1. The lowest BCUT2D eigenvalue weighted by Crippen LogP contribution is -2.29. The molecule has 1 atom stereocenters. The van der Waals surface area contributed by atoms with E-state index in [4.69, 9.17) is 17.3 Å². The molecule has 0 aliphatic heterocycles. The van der Waals surface area contributed by atoms with Crippen molar-refractivity contribution in [2.75, 3.05) is 0 Å². The minimum Gasteiger partial charge on any atom is -0.324 e. The minimum absolute atomic E-state index is 0.138. The van der Waals surface area contributed by atoms with Crippen molar-refractivity contribution in [3.8, 4) is 0 Å². The second kappa shape index (κ2) is 5.22. The van der Waals surface area contributed by atoms with E-state index in [0.29, 0.717) is 11.3 Å². The molecule has 100 valence electrons. The fourth-order valence-corrected chi connectivity index (χ4v) is 3.06. The predicted octanol–water partition coefficient (Wildman–Crippen LogP) is 4.86. The van der Waals surface area contributed by atoms with E-state index in [9.17, 15) is 0 Å². The lowest BCUT2D eigenvalue weighted by molar-refractivity contribution is 0.173. The normalized spacial score (nSPS) is 21.8. The number of nitrogens with two attached hydrogens (primary N) is 1. The predicted molar refractivity (Wildman–Crippen MR) is 78.9 cm³/mol. The third-order valence-electron chi connectivity index (χ3n) is 4.47. The highest BCUT2D eigenvalue weighted by molar-refractivity contribution is 6.31. The van der Waals surface area contributed by atoms with Crippen molar-refractivity contribution >= 4 is 11.6 Å². The molecule has 1 aliphatic carbocycles. The standard InChI is InChI=1S/C16H24ClN/c1-11-4-5-13(10-14(11)17)15(18)12-6-8-16(2,3)9-7-12/h4-5,10,12,15H,6-9,18H2,1-3H3. The van der Waals surface area contributed by atoms with Gasteiger partial charge in [0, 0.05) is 11.1 Å². The van der Waals surface area contributed by atoms with Crippen LogP contribution in [-0.2, 0) is 0 Å². The second-order valence-electron chi connectivity index (χ2n) is 6.54. The van der Waals surface area contributed by atoms with Gasteiger partial charge in [-0.25, -0.2) is 0 Å². The van der Waals surface area contributed by atoms with Crippen LogP contribution >= 0.6 is 11.6 Å². The van der Waals surface area contributed by atoms with Crippen LogP contribution < -0.4 is 5.73 Å². The Labute approximate surface area is 116 Å². The zero-order valence-electron chi connectivity index (χ0n) is 11.7. The smallest absolute Gasteiger partial charge is 0.0438 e. The lowest BCUT2D eigenvalue weighted by atomic mass is 9.70. The van der Waals surface area contributed by atoms with Crippen LogP contribution in [0.15, 0.2) is 18.2 Å². The SMILES string of the molecule is Cc1ccc(C(N)C2CCC(C)(C)CC2)cc1Cl. The summed E-state index contributed by atoms with van der Waals surface area (Å²) in [5.74, 6) is 0.608. The molecule has 1 fully saturated rings. The summed E-state index contributed by atoms with van der Waals surface area (Å²) in [6.07, 6.45) is 5.04. The fraction of sp³-hybridized carbons (Fsp3) is 0.625. The van der Waals surface area contributed by atoms with E-state index in [0.717, 1.165) is 10.6 Å². The van der Waals surface area contributed by atoms with Crippen molar-refractivity contribution < 1.29 is 0 Å². The van der Waals surface area contributed by atoms with Crippen LogP contribution in [0.2, 0.25) is 5.02 Å². The van der Waals surface area contributed by atoms with Crippen molar-refractivity contribution in [2.45, 2.75) is 52.5 Å². The molecule has 1 saturated carbocycles. The molecule has 0 spiro atoms. The molecule has 0 bridgehead atoms. The van der Waals surface area contributed by atoms with Gasteiger partial charge in [-0.05, 0) is 61.1 Å². The van der Waals surface area contributed by atoms with Gasteiger partial charge < -0.3 is 5.73 Å². The Morgan fingerprint density at radius 3 is 2.44 bits per heavy atom. The van der Waals surface area contributed by atoms with Gasteiger partial charge in [-0.2, -0.15) is 0 Å². The summed E-state index contributed by atoms with van der Waals surface area (Å²) in [6, 6.07) is 6.39. The quantitative estimate of drug-likeness (QED) is 0.812. The highest BCUT2D eigenvalue weighted by Crippen LogP contribution is 2.42. The van der Waals surface area contributed by atoms with Crippen LogP contribution in [0.25, 0.3) is 0 Å². The van der Waals surface area contributed by atoms with Gasteiger partial charge in [-0.1, -0.05) is 37.6 Å². The Morgan fingerprint density at radius 2 is 1.89 bits per heavy atom. The number of rotatable bonds is 2. The van der Waals surface area contributed by atoms with Gasteiger partial charge >= 0.3 is 0 Å². The molecular weight excluding hydrogens is 242 g/mol. The second-order valence-corrected chi connectivity index (χ2v) is 6.94. The third kappa shape index (κ3) is 3.07. The Balaban J connectivity index is 2.07. The number of aryl methyl sites for hydroxylation is 1. The van der Waals surface area contributed by atoms with Crippen LogP contribution in [0.5, 0.6) is 0 Å². The minimum atomic E-state index is 0.138. The molecule has 0 amide bonds. The molecule has 2 rings (SSSR count). The van der Waals surface area contributed by atoms with E-state index < -0.39 is 0 Å². The van der Waals surface area contributed by atoms with Gasteiger partial charge in [0.05, 0.1) is 0 Å². The largest absolute Gasteiger partial charge is 0.324 e. The van der Waals surface area contributed by atoms with Crippen molar-refractivity contribution in [1.29, 1.82) is 0 Å². The van der Waals surface area contributed by atoms with Gasteiger partial charge in [0.15, 0.2) is 0 Å². The van der Waals surface area contributed by atoms with Crippen LogP contribution in [0.4, 0.5) is 0 Å². The molecule has 0 aromatic heterocycles. The van der Waals surface area contributed by atoms with E-state index >= 15 is 0 Å². The monoisotopic (exact) mass is 265 g/mol. The summed E-state index contributed by atoms with van der Waals surface area (Å²) in [5.41, 5.74) is 9.23. The van der Waals surface area contributed by atoms with Crippen LogP contribution in [0.1, 0.15) is 56.7 Å². The summed E-state index contributed by atoms with van der Waals surface area (Å²) in [7, 11) is 0. The maximum absolute atomic E-state index is 6.42. The molecule has 1 aromatic carbocycles. The average Bonchev–Trinajstić information content (AvgIpc) is 2.32. The molecule has 0 radical (unpaired) electrons. The Kier molecular flexibility index (Phi) is 4.03. The van der Waals surface area contributed by atoms with Crippen LogP contribution in [0.3, 0.4) is 0 Å². The van der Waals surface area contributed by atoms with E-state index in [2.05, 4.69) is 26.0 Å². The van der Waals surface area contributed by atoms with Gasteiger partial charge in [0.1, 0.15) is 0 Å². The Hall–Kier alpha value is -0.530. The summed E-state index contributed by atoms with van der Waals surface area (Å²) in [6.45, 7) is 6.75. The van der Waals surface area contributed by atoms with Gasteiger partial charge in [0.25, 0.3) is 0 Å². The van der Waals surface area contributed by atoms with E-state index in [1.807, 2.05) is 13.0 Å². The van der Waals surface area contributed by atoms with Gasteiger partial charge in [-0.3, -0.25) is 0 Å². The van der Waals surface area contributed by atoms with Crippen molar-refractivity contribution in [2.24, 2.45) is 17.1 Å². The van der Waals surface area contributed by atoms with Crippen molar-refractivity contribution in [3.05, 3.63) is 34.3 Å². The van der Waals surface area contributed by atoms with Crippen molar-refractivity contribution in [3.63, 3.8) is 0 Å². The topological polar surface area (TPSA) is 26.0 Å². The van der Waals surface area contributed by atoms with Crippen LogP contribution in [0, 0.1) is 18.3 Å².